The average Bonchev–Trinajstić information content (AvgIpc) is 2.73. The van der Waals surface area contributed by atoms with Crippen molar-refractivity contribution in [3.05, 3.63) is 28.2 Å². The molecule has 0 atom stereocenters. The van der Waals surface area contributed by atoms with Gasteiger partial charge in [-0.05, 0) is 37.5 Å². The highest BCUT2D eigenvalue weighted by Gasteiger charge is 2.41. The summed E-state index contributed by atoms with van der Waals surface area (Å²) in [5, 5.41) is 12.6. The molecule has 1 aliphatic rings. The fourth-order valence-corrected chi connectivity index (χ4v) is 2.72. The van der Waals surface area contributed by atoms with Crippen LogP contribution in [0.15, 0.2) is 22.7 Å². The van der Waals surface area contributed by atoms with E-state index in [1.807, 2.05) is 25.1 Å². The maximum Gasteiger partial charge on any atom is 0.329 e. The lowest BCUT2D eigenvalue weighted by Crippen LogP contribution is -2.43. The van der Waals surface area contributed by atoms with E-state index in [0.29, 0.717) is 12.8 Å². The van der Waals surface area contributed by atoms with Crippen LogP contribution in [0.2, 0.25) is 0 Å². The Bertz CT molecular complexity index is 439. The number of carbonyl (C=O) groups is 1. The molecular formula is C13H16BrNO2. The summed E-state index contributed by atoms with van der Waals surface area (Å²) in [5.41, 5.74) is 1.20. The first-order valence-electron chi connectivity index (χ1n) is 5.81. The second-order valence-corrected chi connectivity index (χ2v) is 5.59. The number of aryl methyl sites for hydroxylation is 1. The molecule has 0 unspecified atom stereocenters. The molecule has 3 nitrogen and oxygen atoms in total. The number of hydrogen-bond donors (Lipinski definition) is 2. The number of rotatable bonds is 3. The molecule has 0 radical (unpaired) electrons. The van der Waals surface area contributed by atoms with Gasteiger partial charge in [-0.3, -0.25) is 0 Å². The zero-order chi connectivity index (χ0) is 12.5. The van der Waals surface area contributed by atoms with Crippen molar-refractivity contribution in [1.82, 2.24) is 0 Å². The van der Waals surface area contributed by atoms with E-state index >= 15 is 0 Å². The van der Waals surface area contributed by atoms with E-state index in [4.69, 9.17) is 0 Å². The van der Waals surface area contributed by atoms with Gasteiger partial charge in [-0.1, -0.05) is 34.8 Å². The topological polar surface area (TPSA) is 49.3 Å². The van der Waals surface area contributed by atoms with E-state index in [1.54, 1.807) is 0 Å². The molecule has 0 amide bonds. The number of anilines is 1. The third kappa shape index (κ3) is 2.46. The van der Waals surface area contributed by atoms with Gasteiger partial charge in [0.25, 0.3) is 0 Å². The van der Waals surface area contributed by atoms with E-state index in [9.17, 15) is 9.90 Å². The first-order valence-corrected chi connectivity index (χ1v) is 6.60. The summed E-state index contributed by atoms with van der Waals surface area (Å²) in [5.74, 6) is -0.741. The molecule has 92 valence electrons. The second-order valence-electron chi connectivity index (χ2n) is 4.68. The average molecular weight is 298 g/mol. The first kappa shape index (κ1) is 12.4. The van der Waals surface area contributed by atoms with Gasteiger partial charge >= 0.3 is 5.97 Å². The van der Waals surface area contributed by atoms with Crippen molar-refractivity contribution in [2.24, 2.45) is 0 Å². The van der Waals surface area contributed by atoms with Crippen molar-refractivity contribution in [2.75, 3.05) is 5.32 Å². The predicted molar refractivity (Wildman–Crippen MR) is 71.3 cm³/mol. The Hall–Kier alpha value is -1.03. The molecule has 1 saturated carbocycles. The van der Waals surface area contributed by atoms with Crippen LogP contribution in [-0.2, 0) is 4.79 Å². The van der Waals surface area contributed by atoms with Crippen LogP contribution in [0.1, 0.15) is 31.2 Å². The van der Waals surface area contributed by atoms with Crippen molar-refractivity contribution >= 4 is 27.6 Å². The number of benzene rings is 1. The number of carboxylic acid groups (broad SMARTS) is 1. The lowest BCUT2D eigenvalue weighted by Gasteiger charge is -2.27. The maximum atomic E-state index is 11.4. The summed E-state index contributed by atoms with van der Waals surface area (Å²) in [7, 11) is 0. The number of nitrogens with one attached hydrogen (secondary N) is 1. The molecule has 2 rings (SSSR count). The Morgan fingerprint density at radius 3 is 2.65 bits per heavy atom. The lowest BCUT2D eigenvalue weighted by atomic mass is 9.97. The van der Waals surface area contributed by atoms with Crippen molar-refractivity contribution in [3.63, 3.8) is 0 Å². The van der Waals surface area contributed by atoms with Crippen LogP contribution in [0.25, 0.3) is 0 Å². The molecule has 17 heavy (non-hydrogen) atoms. The third-order valence-electron chi connectivity index (χ3n) is 3.44. The Morgan fingerprint density at radius 1 is 1.41 bits per heavy atom. The molecule has 1 aromatic rings. The van der Waals surface area contributed by atoms with E-state index in [0.717, 1.165) is 28.6 Å². The van der Waals surface area contributed by atoms with Crippen LogP contribution in [-0.4, -0.2) is 16.6 Å². The number of halogens is 1. The summed E-state index contributed by atoms with van der Waals surface area (Å²) < 4.78 is 0.962. The summed E-state index contributed by atoms with van der Waals surface area (Å²) >= 11 is 3.41. The highest BCUT2D eigenvalue weighted by molar-refractivity contribution is 9.10. The minimum atomic E-state index is -0.772. The van der Waals surface area contributed by atoms with Gasteiger partial charge in [-0.2, -0.15) is 0 Å². The summed E-state index contributed by atoms with van der Waals surface area (Å²) in [4.78, 5) is 11.4. The van der Waals surface area contributed by atoms with E-state index in [2.05, 4.69) is 21.2 Å². The van der Waals surface area contributed by atoms with Crippen LogP contribution in [0.3, 0.4) is 0 Å². The van der Waals surface area contributed by atoms with Crippen LogP contribution in [0.4, 0.5) is 5.69 Å². The highest BCUT2D eigenvalue weighted by Crippen LogP contribution is 2.35. The Labute approximate surface area is 109 Å². The standard InChI is InChI=1S/C13H16BrNO2/c1-9-4-5-10(14)8-11(9)15-13(12(16)17)6-2-3-7-13/h4-5,8,15H,2-3,6-7H2,1H3,(H,16,17). The maximum absolute atomic E-state index is 11.4. The van der Waals surface area contributed by atoms with Crippen molar-refractivity contribution in [1.29, 1.82) is 0 Å². The minimum Gasteiger partial charge on any atom is -0.480 e. The molecule has 2 N–H and O–H groups in total. The van der Waals surface area contributed by atoms with E-state index in [1.165, 1.54) is 0 Å². The second kappa shape index (κ2) is 4.69. The fourth-order valence-electron chi connectivity index (χ4n) is 2.36. The van der Waals surface area contributed by atoms with Gasteiger partial charge in [0.2, 0.25) is 0 Å². The largest absolute Gasteiger partial charge is 0.480 e. The van der Waals surface area contributed by atoms with Crippen molar-refractivity contribution < 1.29 is 9.90 Å². The Balaban J connectivity index is 2.29. The summed E-state index contributed by atoms with van der Waals surface area (Å²) in [6.45, 7) is 1.99. The fraction of sp³-hybridized carbons (Fsp3) is 0.462. The summed E-state index contributed by atoms with van der Waals surface area (Å²) in [6.07, 6.45) is 3.36. The van der Waals surface area contributed by atoms with E-state index in [-0.39, 0.29) is 0 Å². The molecule has 4 heteroatoms. The quantitative estimate of drug-likeness (QED) is 0.897. The molecule has 0 saturated heterocycles. The smallest absolute Gasteiger partial charge is 0.329 e. The van der Waals surface area contributed by atoms with Gasteiger partial charge in [0, 0.05) is 10.2 Å². The van der Waals surface area contributed by atoms with Gasteiger partial charge < -0.3 is 10.4 Å². The molecule has 0 heterocycles. The van der Waals surface area contributed by atoms with Crippen LogP contribution >= 0.6 is 15.9 Å². The van der Waals surface area contributed by atoms with Gasteiger partial charge in [0.05, 0.1) is 0 Å². The van der Waals surface area contributed by atoms with Crippen molar-refractivity contribution in [3.8, 4) is 0 Å². The minimum absolute atomic E-state index is 0.703. The lowest BCUT2D eigenvalue weighted by molar-refractivity contribution is -0.142. The zero-order valence-electron chi connectivity index (χ0n) is 9.79. The molecule has 1 aliphatic carbocycles. The van der Waals surface area contributed by atoms with E-state index < -0.39 is 11.5 Å². The molecule has 1 fully saturated rings. The molecular weight excluding hydrogens is 282 g/mol. The number of aliphatic carboxylic acids is 1. The molecule has 0 aliphatic heterocycles. The Kier molecular flexibility index (Phi) is 3.43. The summed E-state index contributed by atoms with van der Waals surface area (Å²) in [6, 6.07) is 5.89. The number of carboxylic acids is 1. The molecule has 0 bridgehead atoms. The molecule has 0 aromatic heterocycles. The monoisotopic (exact) mass is 297 g/mol. The molecule has 1 aromatic carbocycles. The van der Waals surface area contributed by atoms with Crippen LogP contribution in [0, 0.1) is 6.92 Å². The van der Waals surface area contributed by atoms with Gasteiger partial charge in [0.15, 0.2) is 0 Å². The van der Waals surface area contributed by atoms with Crippen LogP contribution in [0.5, 0.6) is 0 Å². The predicted octanol–water partition coefficient (Wildman–Crippen LogP) is 3.57. The SMILES string of the molecule is Cc1ccc(Br)cc1NC1(C(=O)O)CCCC1. The highest BCUT2D eigenvalue weighted by atomic mass is 79.9. The van der Waals surface area contributed by atoms with Crippen molar-refractivity contribution in [2.45, 2.75) is 38.1 Å². The molecule has 0 spiro atoms. The first-order chi connectivity index (χ1) is 8.03. The normalized spacial score (nSPS) is 18.0. The zero-order valence-corrected chi connectivity index (χ0v) is 11.4. The van der Waals surface area contributed by atoms with Gasteiger partial charge in [-0.15, -0.1) is 0 Å². The Morgan fingerprint density at radius 2 is 2.06 bits per heavy atom. The number of hydrogen-bond acceptors (Lipinski definition) is 2. The van der Waals surface area contributed by atoms with Crippen LogP contribution < -0.4 is 5.32 Å². The van der Waals surface area contributed by atoms with Gasteiger partial charge in [0.1, 0.15) is 5.54 Å². The van der Waals surface area contributed by atoms with Gasteiger partial charge in [-0.25, -0.2) is 4.79 Å². The third-order valence-corrected chi connectivity index (χ3v) is 3.93.